The Labute approximate surface area is 105 Å². The fourth-order valence-electron chi connectivity index (χ4n) is 1.20. The summed E-state index contributed by atoms with van der Waals surface area (Å²) < 4.78 is 4.48. The first-order chi connectivity index (χ1) is 7.04. The Morgan fingerprint density at radius 3 is 2.81 bits per heavy atom. The third-order valence-electron chi connectivity index (χ3n) is 2.00. The van der Waals surface area contributed by atoms with Crippen molar-refractivity contribution in [2.24, 2.45) is 5.73 Å². The fourth-order valence-corrected chi connectivity index (χ4v) is 1.38. The highest BCUT2D eigenvalue weighted by atomic mass is 35.5. The number of ether oxygens (including phenoxy) is 1. The monoisotopic (exact) mass is 265 g/mol. The average molecular weight is 266 g/mol. The van der Waals surface area contributed by atoms with Gasteiger partial charge in [-0.3, -0.25) is 4.79 Å². The summed E-state index contributed by atoms with van der Waals surface area (Å²) in [5.74, 6) is -0.405. The summed E-state index contributed by atoms with van der Waals surface area (Å²) in [7, 11) is 1.28. The molecule has 0 amide bonds. The molecule has 0 aliphatic heterocycles. The number of rotatable bonds is 3. The van der Waals surface area contributed by atoms with E-state index >= 15 is 0 Å². The standard InChI is InChI=1S/C10H12ClNO3.ClH/c1-15-10(14)5-8(12)7-4-6(11)2-3-9(7)13;/h2-4,8,13H,5,12H2,1H3;1H/t8-;/m1./s1. The Kier molecular flexibility index (Phi) is 6.18. The van der Waals surface area contributed by atoms with E-state index in [1.807, 2.05) is 0 Å². The second-order valence-corrected chi connectivity index (χ2v) is 3.53. The smallest absolute Gasteiger partial charge is 0.307 e. The van der Waals surface area contributed by atoms with Crippen LogP contribution in [0.3, 0.4) is 0 Å². The van der Waals surface area contributed by atoms with Crippen molar-refractivity contribution in [1.82, 2.24) is 0 Å². The van der Waals surface area contributed by atoms with E-state index in [-0.39, 0.29) is 24.6 Å². The number of carbonyl (C=O) groups excluding carboxylic acids is 1. The molecule has 0 spiro atoms. The van der Waals surface area contributed by atoms with Gasteiger partial charge in [0.25, 0.3) is 0 Å². The number of phenolic OH excluding ortho intramolecular Hbond substituents is 1. The van der Waals surface area contributed by atoms with Crippen molar-refractivity contribution in [3.8, 4) is 5.75 Å². The fraction of sp³-hybridized carbons (Fsp3) is 0.300. The van der Waals surface area contributed by atoms with E-state index in [9.17, 15) is 9.90 Å². The minimum atomic E-state index is -0.615. The lowest BCUT2D eigenvalue weighted by atomic mass is 10.0. The highest BCUT2D eigenvalue weighted by Gasteiger charge is 2.15. The van der Waals surface area contributed by atoms with E-state index in [1.54, 1.807) is 6.07 Å². The topological polar surface area (TPSA) is 72.5 Å². The van der Waals surface area contributed by atoms with Crippen molar-refractivity contribution in [2.75, 3.05) is 7.11 Å². The first-order valence-corrected chi connectivity index (χ1v) is 4.73. The first-order valence-electron chi connectivity index (χ1n) is 4.35. The van der Waals surface area contributed by atoms with Crippen LogP contribution in [-0.4, -0.2) is 18.2 Å². The summed E-state index contributed by atoms with van der Waals surface area (Å²) in [6.07, 6.45) is 0.00437. The van der Waals surface area contributed by atoms with Gasteiger partial charge in [0.05, 0.1) is 13.5 Å². The first kappa shape index (κ1) is 15.0. The number of carbonyl (C=O) groups is 1. The van der Waals surface area contributed by atoms with Gasteiger partial charge in [0.2, 0.25) is 0 Å². The molecule has 1 aromatic carbocycles. The number of esters is 1. The number of methoxy groups -OCH3 is 1. The lowest BCUT2D eigenvalue weighted by Crippen LogP contribution is -2.16. The molecule has 0 aliphatic rings. The Hall–Kier alpha value is -0.970. The Bertz CT molecular complexity index is 371. The van der Waals surface area contributed by atoms with Gasteiger partial charge in [0, 0.05) is 16.6 Å². The van der Waals surface area contributed by atoms with Crippen LogP contribution < -0.4 is 5.73 Å². The number of halogens is 2. The highest BCUT2D eigenvalue weighted by Crippen LogP contribution is 2.27. The van der Waals surface area contributed by atoms with E-state index in [0.29, 0.717) is 10.6 Å². The Balaban J connectivity index is 0.00000225. The summed E-state index contributed by atoms with van der Waals surface area (Å²) in [5.41, 5.74) is 6.16. The molecule has 6 heteroatoms. The molecular weight excluding hydrogens is 253 g/mol. The summed E-state index contributed by atoms with van der Waals surface area (Å²) in [6, 6.07) is 3.90. The zero-order valence-corrected chi connectivity index (χ0v) is 10.2. The maximum atomic E-state index is 11.0. The molecule has 1 atom stereocenters. The molecule has 0 aliphatic carbocycles. The zero-order valence-electron chi connectivity index (χ0n) is 8.64. The van der Waals surface area contributed by atoms with Gasteiger partial charge >= 0.3 is 5.97 Å². The molecule has 0 aromatic heterocycles. The van der Waals surface area contributed by atoms with Crippen LogP contribution in [0.25, 0.3) is 0 Å². The third kappa shape index (κ3) is 3.89. The molecular formula is C10H13Cl2NO3. The molecule has 4 nitrogen and oxygen atoms in total. The third-order valence-corrected chi connectivity index (χ3v) is 2.24. The molecule has 0 heterocycles. The quantitative estimate of drug-likeness (QED) is 0.821. The summed E-state index contributed by atoms with van der Waals surface area (Å²) in [4.78, 5) is 11.0. The number of hydrogen-bond donors (Lipinski definition) is 2. The Morgan fingerprint density at radius 2 is 2.25 bits per heavy atom. The summed E-state index contributed by atoms with van der Waals surface area (Å²) in [5, 5.41) is 9.96. The van der Waals surface area contributed by atoms with E-state index < -0.39 is 12.0 Å². The number of nitrogens with two attached hydrogens (primary N) is 1. The number of benzene rings is 1. The number of aromatic hydroxyl groups is 1. The van der Waals surface area contributed by atoms with Crippen molar-refractivity contribution in [3.63, 3.8) is 0 Å². The molecule has 0 saturated carbocycles. The molecule has 0 unspecified atom stereocenters. The highest BCUT2D eigenvalue weighted by molar-refractivity contribution is 6.30. The van der Waals surface area contributed by atoms with Crippen LogP contribution in [0, 0.1) is 0 Å². The predicted octanol–water partition coefficient (Wildman–Crippen LogP) is 2.03. The maximum Gasteiger partial charge on any atom is 0.307 e. The summed E-state index contributed by atoms with van der Waals surface area (Å²) >= 11 is 5.75. The molecule has 1 aromatic rings. The van der Waals surface area contributed by atoms with Crippen LogP contribution in [-0.2, 0) is 9.53 Å². The second kappa shape index (κ2) is 6.58. The van der Waals surface area contributed by atoms with Crippen LogP contribution in [0.5, 0.6) is 5.75 Å². The van der Waals surface area contributed by atoms with Gasteiger partial charge in [0.1, 0.15) is 5.75 Å². The molecule has 1 rings (SSSR count). The number of hydrogen-bond acceptors (Lipinski definition) is 4. The van der Waals surface area contributed by atoms with Crippen molar-refractivity contribution in [2.45, 2.75) is 12.5 Å². The lowest BCUT2D eigenvalue weighted by Gasteiger charge is -2.12. The van der Waals surface area contributed by atoms with Crippen molar-refractivity contribution in [1.29, 1.82) is 0 Å². The van der Waals surface area contributed by atoms with Gasteiger partial charge in [-0.1, -0.05) is 11.6 Å². The molecule has 0 fully saturated rings. The van der Waals surface area contributed by atoms with E-state index in [4.69, 9.17) is 17.3 Å². The van der Waals surface area contributed by atoms with E-state index in [0.717, 1.165) is 0 Å². The lowest BCUT2D eigenvalue weighted by molar-refractivity contribution is -0.141. The Morgan fingerprint density at radius 1 is 1.62 bits per heavy atom. The van der Waals surface area contributed by atoms with Gasteiger partial charge in [-0.05, 0) is 18.2 Å². The van der Waals surface area contributed by atoms with Crippen molar-refractivity contribution < 1.29 is 14.6 Å². The van der Waals surface area contributed by atoms with Gasteiger partial charge in [-0.2, -0.15) is 0 Å². The average Bonchev–Trinajstić information content (AvgIpc) is 2.21. The predicted molar refractivity (Wildman–Crippen MR) is 63.9 cm³/mol. The van der Waals surface area contributed by atoms with Crippen LogP contribution >= 0.6 is 24.0 Å². The van der Waals surface area contributed by atoms with Gasteiger partial charge in [0.15, 0.2) is 0 Å². The van der Waals surface area contributed by atoms with Crippen LogP contribution in [0.1, 0.15) is 18.0 Å². The SMILES string of the molecule is COC(=O)C[C@@H](N)c1cc(Cl)ccc1O.Cl. The van der Waals surface area contributed by atoms with Gasteiger partial charge in [-0.25, -0.2) is 0 Å². The molecule has 90 valence electrons. The molecule has 0 bridgehead atoms. The van der Waals surface area contributed by atoms with Gasteiger partial charge in [-0.15, -0.1) is 12.4 Å². The van der Waals surface area contributed by atoms with Crippen LogP contribution in [0.2, 0.25) is 5.02 Å². The molecule has 0 radical (unpaired) electrons. The van der Waals surface area contributed by atoms with Gasteiger partial charge < -0.3 is 15.6 Å². The number of phenols is 1. The van der Waals surface area contributed by atoms with Crippen molar-refractivity contribution >= 4 is 30.0 Å². The maximum absolute atomic E-state index is 11.0. The molecule has 3 N–H and O–H groups in total. The molecule has 16 heavy (non-hydrogen) atoms. The summed E-state index contributed by atoms with van der Waals surface area (Å²) in [6.45, 7) is 0. The molecule has 0 saturated heterocycles. The van der Waals surface area contributed by atoms with Crippen LogP contribution in [0.15, 0.2) is 18.2 Å². The van der Waals surface area contributed by atoms with E-state index in [2.05, 4.69) is 4.74 Å². The normalized spacial score (nSPS) is 11.4. The van der Waals surface area contributed by atoms with Crippen molar-refractivity contribution in [3.05, 3.63) is 28.8 Å². The minimum Gasteiger partial charge on any atom is -0.508 e. The minimum absolute atomic E-state index is 0. The zero-order chi connectivity index (χ0) is 11.4. The van der Waals surface area contributed by atoms with E-state index in [1.165, 1.54) is 19.2 Å². The van der Waals surface area contributed by atoms with Crippen LogP contribution in [0.4, 0.5) is 0 Å². The largest absolute Gasteiger partial charge is 0.508 e. The second-order valence-electron chi connectivity index (χ2n) is 3.09.